The number of ether oxygens (including phenoxy) is 1. The van der Waals surface area contributed by atoms with Gasteiger partial charge in [0.1, 0.15) is 5.75 Å². The van der Waals surface area contributed by atoms with Crippen LogP contribution in [0.25, 0.3) is 0 Å². The van der Waals surface area contributed by atoms with E-state index in [9.17, 15) is 0 Å². The van der Waals surface area contributed by atoms with E-state index in [1.807, 2.05) is 18.2 Å². The Kier molecular flexibility index (Phi) is 5.43. The Hall–Kier alpha value is -0.250. The minimum Gasteiger partial charge on any atom is -0.495 e. The molecule has 0 amide bonds. The third kappa shape index (κ3) is 4.01. The van der Waals surface area contributed by atoms with Crippen LogP contribution in [0.1, 0.15) is 5.56 Å². The molecule has 0 atom stereocenters. The third-order valence-corrected chi connectivity index (χ3v) is 3.35. The highest BCUT2D eigenvalue weighted by molar-refractivity contribution is 9.09. The van der Waals surface area contributed by atoms with Crippen molar-refractivity contribution in [2.75, 3.05) is 26.2 Å². The summed E-state index contributed by atoms with van der Waals surface area (Å²) in [6.45, 7) is 1.01. The van der Waals surface area contributed by atoms with Crippen LogP contribution in [0.5, 0.6) is 5.75 Å². The molecule has 0 saturated heterocycles. The van der Waals surface area contributed by atoms with E-state index in [0.717, 1.165) is 24.2 Å². The average Bonchev–Trinajstić information content (AvgIpc) is 2.26. The Bertz CT molecular complexity index is 319. The molecule has 0 aliphatic heterocycles. The number of benzene rings is 1. The Morgan fingerprint density at radius 1 is 1.47 bits per heavy atom. The van der Waals surface area contributed by atoms with Gasteiger partial charge in [-0.1, -0.05) is 33.6 Å². The molecule has 0 unspecified atom stereocenters. The van der Waals surface area contributed by atoms with Crippen LogP contribution in [-0.4, -0.2) is 31.1 Å². The lowest BCUT2D eigenvalue weighted by atomic mass is 10.1. The molecule has 1 aromatic carbocycles. The second-order valence-electron chi connectivity index (χ2n) is 3.42. The number of likely N-dealkylation sites (N-methyl/N-ethyl adjacent to an activating group) is 1. The fourth-order valence-corrected chi connectivity index (χ4v) is 1.78. The summed E-state index contributed by atoms with van der Waals surface area (Å²) in [4.78, 5) is 2.19. The number of methoxy groups -OCH3 is 1. The Morgan fingerprint density at radius 2 is 2.20 bits per heavy atom. The highest BCUT2D eigenvalue weighted by Gasteiger charge is 2.02. The molecule has 0 N–H and O–H groups in total. The molecule has 1 aromatic rings. The lowest BCUT2D eigenvalue weighted by molar-refractivity contribution is 0.400. The van der Waals surface area contributed by atoms with E-state index in [1.165, 1.54) is 5.56 Å². The largest absolute Gasteiger partial charge is 0.495 e. The summed E-state index contributed by atoms with van der Waals surface area (Å²) in [6.07, 6.45) is 0.992. The minimum atomic E-state index is 0.677. The second kappa shape index (κ2) is 6.36. The average molecular weight is 293 g/mol. The monoisotopic (exact) mass is 291 g/mol. The van der Waals surface area contributed by atoms with Crippen LogP contribution < -0.4 is 4.74 Å². The molecule has 84 valence electrons. The van der Waals surface area contributed by atoms with Gasteiger partial charge in [-0.2, -0.15) is 0 Å². The summed E-state index contributed by atoms with van der Waals surface area (Å²) < 4.78 is 5.10. The molecule has 0 aliphatic rings. The van der Waals surface area contributed by atoms with Crippen molar-refractivity contribution in [3.05, 3.63) is 28.8 Å². The van der Waals surface area contributed by atoms with Gasteiger partial charge in [-0.25, -0.2) is 0 Å². The molecule has 0 radical (unpaired) electrons. The van der Waals surface area contributed by atoms with Crippen LogP contribution in [0.15, 0.2) is 18.2 Å². The first-order chi connectivity index (χ1) is 7.17. The lowest BCUT2D eigenvalue weighted by Gasteiger charge is -2.13. The standard InChI is InChI=1S/C11H15BrClNO/c1-14(8-12)6-5-9-3-4-11(15-2)10(13)7-9/h3-4,7H,5-6,8H2,1-2H3. The van der Waals surface area contributed by atoms with Gasteiger partial charge in [-0.3, -0.25) is 4.90 Å². The smallest absolute Gasteiger partial charge is 0.137 e. The van der Waals surface area contributed by atoms with E-state index in [1.54, 1.807) is 7.11 Å². The number of alkyl halides is 1. The maximum atomic E-state index is 6.03. The number of rotatable bonds is 5. The summed E-state index contributed by atoms with van der Waals surface area (Å²) in [7, 11) is 3.69. The van der Waals surface area contributed by atoms with Gasteiger partial charge in [0.05, 0.1) is 17.6 Å². The van der Waals surface area contributed by atoms with Gasteiger partial charge in [0.2, 0.25) is 0 Å². The highest BCUT2D eigenvalue weighted by atomic mass is 79.9. The molecule has 0 fully saturated rings. The summed E-state index contributed by atoms with van der Waals surface area (Å²) >= 11 is 9.44. The highest BCUT2D eigenvalue weighted by Crippen LogP contribution is 2.25. The molecule has 0 spiro atoms. The van der Waals surface area contributed by atoms with Gasteiger partial charge < -0.3 is 4.74 Å². The van der Waals surface area contributed by atoms with Gasteiger partial charge >= 0.3 is 0 Å². The number of hydrogen-bond acceptors (Lipinski definition) is 2. The maximum absolute atomic E-state index is 6.03. The van der Waals surface area contributed by atoms with Crippen molar-refractivity contribution in [3.63, 3.8) is 0 Å². The molecule has 1 rings (SSSR count). The van der Waals surface area contributed by atoms with E-state index in [2.05, 4.69) is 27.9 Å². The van der Waals surface area contributed by atoms with Crippen molar-refractivity contribution in [3.8, 4) is 5.75 Å². The number of nitrogens with zero attached hydrogens (tertiary/aromatic N) is 1. The van der Waals surface area contributed by atoms with E-state index >= 15 is 0 Å². The molecule has 2 nitrogen and oxygen atoms in total. The van der Waals surface area contributed by atoms with Gasteiger partial charge in [-0.15, -0.1) is 0 Å². The second-order valence-corrected chi connectivity index (χ2v) is 4.33. The SMILES string of the molecule is COc1ccc(CCN(C)CBr)cc1Cl. The predicted molar refractivity (Wildman–Crippen MR) is 68.1 cm³/mol. The predicted octanol–water partition coefficient (Wildman–Crippen LogP) is 3.18. The normalized spacial score (nSPS) is 10.7. The first kappa shape index (κ1) is 12.8. The van der Waals surface area contributed by atoms with Crippen LogP contribution in [0.2, 0.25) is 5.02 Å². The van der Waals surface area contributed by atoms with Crippen molar-refractivity contribution >= 4 is 27.5 Å². The first-order valence-corrected chi connectivity index (χ1v) is 6.24. The van der Waals surface area contributed by atoms with E-state index < -0.39 is 0 Å². The van der Waals surface area contributed by atoms with Crippen molar-refractivity contribution in [2.45, 2.75) is 6.42 Å². The van der Waals surface area contributed by atoms with Crippen LogP contribution in [0.3, 0.4) is 0 Å². The molecule has 0 heterocycles. The zero-order valence-electron chi connectivity index (χ0n) is 8.96. The van der Waals surface area contributed by atoms with E-state index in [0.29, 0.717) is 5.02 Å². The topological polar surface area (TPSA) is 12.5 Å². The molecule has 0 saturated carbocycles. The van der Waals surface area contributed by atoms with Crippen molar-refractivity contribution in [2.24, 2.45) is 0 Å². The Labute approximate surface area is 104 Å². The summed E-state index contributed by atoms with van der Waals surface area (Å²) in [5.74, 6) is 0.731. The summed E-state index contributed by atoms with van der Waals surface area (Å²) in [5.41, 5.74) is 2.12. The van der Waals surface area contributed by atoms with Gasteiger partial charge in [0.25, 0.3) is 0 Å². The van der Waals surface area contributed by atoms with E-state index in [-0.39, 0.29) is 0 Å². The molecule has 0 aliphatic carbocycles. The molecule has 15 heavy (non-hydrogen) atoms. The molecule has 4 heteroatoms. The fraction of sp³-hybridized carbons (Fsp3) is 0.455. The molecule has 0 bridgehead atoms. The van der Waals surface area contributed by atoms with Crippen LogP contribution >= 0.6 is 27.5 Å². The quantitative estimate of drug-likeness (QED) is 0.610. The van der Waals surface area contributed by atoms with Crippen molar-refractivity contribution < 1.29 is 4.74 Å². The molecular weight excluding hydrogens is 277 g/mol. The van der Waals surface area contributed by atoms with Crippen molar-refractivity contribution in [1.82, 2.24) is 4.90 Å². The number of halogens is 2. The van der Waals surface area contributed by atoms with Crippen LogP contribution in [0.4, 0.5) is 0 Å². The summed E-state index contributed by atoms with van der Waals surface area (Å²) in [6, 6.07) is 5.92. The lowest BCUT2D eigenvalue weighted by Crippen LogP contribution is -2.18. The Morgan fingerprint density at radius 3 is 2.73 bits per heavy atom. The van der Waals surface area contributed by atoms with Gasteiger partial charge in [0, 0.05) is 6.54 Å². The number of hydrogen-bond donors (Lipinski definition) is 0. The first-order valence-electron chi connectivity index (χ1n) is 4.74. The minimum absolute atomic E-state index is 0.677. The molecule has 0 aromatic heterocycles. The maximum Gasteiger partial charge on any atom is 0.137 e. The van der Waals surface area contributed by atoms with E-state index in [4.69, 9.17) is 16.3 Å². The van der Waals surface area contributed by atoms with Crippen LogP contribution in [-0.2, 0) is 6.42 Å². The van der Waals surface area contributed by atoms with Crippen molar-refractivity contribution in [1.29, 1.82) is 0 Å². The van der Waals surface area contributed by atoms with Crippen LogP contribution in [0, 0.1) is 0 Å². The van der Waals surface area contributed by atoms with Gasteiger partial charge in [0.15, 0.2) is 0 Å². The molecular formula is C11H15BrClNO. The fourth-order valence-electron chi connectivity index (χ4n) is 1.25. The zero-order valence-corrected chi connectivity index (χ0v) is 11.3. The summed E-state index contributed by atoms with van der Waals surface area (Å²) in [5, 5.41) is 0.677. The third-order valence-electron chi connectivity index (χ3n) is 2.20. The van der Waals surface area contributed by atoms with Gasteiger partial charge in [-0.05, 0) is 31.2 Å². The Balaban J connectivity index is 2.59. The zero-order chi connectivity index (χ0) is 11.3.